The van der Waals surface area contributed by atoms with E-state index in [1.54, 1.807) is 18.3 Å². The Morgan fingerprint density at radius 3 is 2.67 bits per heavy atom. The number of aryl methyl sites for hydroxylation is 1. The number of halogens is 2. The molecule has 0 aliphatic heterocycles. The van der Waals surface area contributed by atoms with Crippen LogP contribution in [0.25, 0.3) is 10.9 Å². The van der Waals surface area contributed by atoms with Crippen molar-refractivity contribution in [2.75, 3.05) is 0 Å². The van der Waals surface area contributed by atoms with Crippen molar-refractivity contribution >= 4 is 10.9 Å². The van der Waals surface area contributed by atoms with E-state index in [0.717, 1.165) is 29.8 Å². The van der Waals surface area contributed by atoms with Crippen LogP contribution in [0, 0.1) is 0 Å². The van der Waals surface area contributed by atoms with Crippen LogP contribution in [0.4, 0.5) is 8.78 Å². The van der Waals surface area contributed by atoms with Gasteiger partial charge in [-0.15, -0.1) is 0 Å². The van der Waals surface area contributed by atoms with E-state index >= 15 is 0 Å². The van der Waals surface area contributed by atoms with Crippen LogP contribution in [0.1, 0.15) is 25.0 Å². The van der Waals surface area contributed by atoms with Crippen LogP contribution < -0.4 is 0 Å². The first kappa shape index (κ1) is 10.1. The van der Waals surface area contributed by atoms with Gasteiger partial charge in [0.05, 0.1) is 0 Å². The second kappa shape index (κ2) is 3.33. The summed E-state index contributed by atoms with van der Waals surface area (Å²) in [7, 11) is 0. The summed E-state index contributed by atoms with van der Waals surface area (Å²) >= 11 is 0. The Labute approximate surface area is 87.1 Å². The molecule has 0 radical (unpaired) electrons. The number of hydrogen-bond acceptors (Lipinski definition) is 0. The van der Waals surface area contributed by atoms with Crippen molar-refractivity contribution in [1.29, 1.82) is 0 Å². The lowest BCUT2D eigenvalue weighted by molar-refractivity contribution is 0.0175. The summed E-state index contributed by atoms with van der Waals surface area (Å²) < 4.78 is 26.4. The van der Waals surface area contributed by atoms with E-state index in [1.807, 2.05) is 13.0 Å². The SMILES string of the molecule is CCc1cc(C(C)(F)F)cc2cc[nH]c12. The maximum atomic E-state index is 13.2. The summed E-state index contributed by atoms with van der Waals surface area (Å²) in [5.41, 5.74) is 1.99. The number of nitrogens with one attached hydrogen (secondary N) is 1. The molecule has 0 bridgehead atoms. The first-order valence-corrected chi connectivity index (χ1v) is 5.00. The van der Waals surface area contributed by atoms with Gasteiger partial charge in [0.15, 0.2) is 0 Å². The van der Waals surface area contributed by atoms with Gasteiger partial charge in [0, 0.05) is 29.6 Å². The van der Waals surface area contributed by atoms with Gasteiger partial charge in [-0.3, -0.25) is 0 Å². The van der Waals surface area contributed by atoms with Crippen molar-refractivity contribution < 1.29 is 8.78 Å². The van der Waals surface area contributed by atoms with Crippen LogP contribution in [0.2, 0.25) is 0 Å². The van der Waals surface area contributed by atoms with Gasteiger partial charge in [0.1, 0.15) is 0 Å². The third-order valence-corrected chi connectivity index (χ3v) is 2.63. The van der Waals surface area contributed by atoms with Crippen LogP contribution in [0.5, 0.6) is 0 Å². The molecule has 0 spiro atoms. The minimum Gasteiger partial charge on any atom is -0.361 e. The second-order valence-electron chi connectivity index (χ2n) is 3.82. The highest BCUT2D eigenvalue weighted by molar-refractivity contribution is 5.83. The van der Waals surface area contributed by atoms with E-state index in [4.69, 9.17) is 0 Å². The largest absolute Gasteiger partial charge is 0.361 e. The van der Waals surface area contributed by atoms with Gasteiger partial charge in [-0.05, 0) is 30.2 Å². The number of aromatic amines is 1. The number of H-pyrrole nitrogens is 1. The van der Waals surface area contributed by atoms with Gasteiger partial charge >= 0.3 is 0 Å². The van der Waals surface area contributed by atoms with Crippen LogP contribution in [-0.2, 0) is 12.3 Å². The second-order valence-corrected chi connectivity index (χ2v) is 3.82. The third kappa shape index (κ3) is 1.74. The molecule has 15 heavy (non-hydrogen) atoms. The first-order valence-electron chi connectivity index (χ1n) is 5.00. The summed E-state index contributed by atoms with van der Waals surface area (Å²) in [6.07, 6.45) is 2.53. The molecular weight excluding hydrogens is 196 g/mol. The molecule has 1 nitrogen and oxygen atoms in total. The fraction of sp³-hybridized carbons (Fsp3) is 0.333. The van der Waals surface area contributed by atoms with Crippen LogP contribution in [0.15, 0.2) is 24.4 Å². The Morgan fingerprint density at radius 1 is 1.33 bits per heavy atom. The molecule has 0 amide bonds. The lowest BCUT2D eigenvalue weighted by Gasteiger charge is -2.12. The molecule has 0 atom stereocenters. The smallest absolute Gasteiger partial charge is 0.270 e. The van der Waals surface area contributed by atoms with Gasteiger partial charge in [-0.2, -0.15) is 0 Å². The molecule has 2 rings (SSSR count). The van der Waals surface area contributed by atoms with Crippen molar-refractivity contribution in [1.82, 2.24) is 4.98 Å². The van der Waals surface area contributed by atoms with Crippen molar-refractivity contribution in [2.45, 2.75) is 26.2 Å². The Hall–Kier alpha value is -1.38. The Kier molecular flexibility index (Phi) is 2.25. The standard InChI is InChI=1S/C12H13F2N/c1-3-8-6-10(12(2,13)14)7-9-4-5-15-11(8)9/h4-7,15H,3H2,1-2H3. The third-order valence-electron chi connectivity index (χ3n) is 2.63. The number of alkyl halides is 2. The highest BCUT2D eigenvalue weighted by Gasteiger charge is 2.25. The molecule has 80 valence electrons. The molecule has 0 saturated carbocycles. The van der Waals surface area contributed by atoms with Gasteiger partial charge in [-0.25, -0.2) is 8.78 Å². The maximum absolute atomic E-state index is 13.2. The van der Waals surface area contributed by atoms with Crippen molar-refractivity contribution in [3.8, 4) is 0 Å². The van der Waals surface area contributed by atoms with E-state index in [0.29, 0.717) is 0 Å². The number of benzene rings is 1. The summed E-state index contributed by atoms with van der Waals surface area (Å²) in [6.45, 7) is 2.90. The van der Waals surface area contributed by atoms with Crippen LogP contribution in [0.3, 0.4) is 0 Å². The normalized spacial score (nSPS) is 12.3. The molecule has 2 aromatic rings. The summed E-state index contributed by atoms with van der Waals surface area (Å²) in [6, 6.07) is 4.95. The molecule has 1 aromatic heterocycles. The Morgan fingerprint density at radius 2 is 2.07 bits per heavy atom. The van der Waals surface area contributed by atoms with Crippen LogP contribution >= 0.6 is 0 Å². The topological polar surface area (TPSA) is 15.8 Å². The summed E-state index contributed by atoms with van der Waals surface area (Å²) in [4.78, 5) is 3.07. The van der Waals surface area contributed by atoms with E-state index in [9.17, 15) is 8.78 Å². The predicted molar refractivity (Wildman–Crippen MR) is 57.2 cm³/mol. The van der Waals surface area contributed by atoms with Crippen molar-refractivity contribution in [3.63, 3.8) is 0 Å². The van der Waals surface area contributed by atoms with Crippen molar-refractivity contribution in [3.05, 3.63) is 35.5 Å². The monoisotopic (exact) mass is 209 g/mol. The zero-order valence-corrected chi connectivity index (χ0v) is 8.77. The number of aromatic nitrogens is 1. The van der Waals surface area contributed by atoms with Crippen LogP contribution in [-0.4, -0.2) is 4.98 Å². The predicted octanol–water partition coefficient (Wildman–Crippen LogP) is 3.84. The van der Waals surface area contributed by atoms with Gasteiger partial charge < -0.3 is 4.98 Å². The molecule has 1 N–H and O–H groups in total. The number of hydrogen-bond donors (Lipinski definition) is 1. The molecule has 0 fully saturated rings. The van der Waals surface area contributed by atoms with E-state index < -0.39 is 5.92 Å². The maximum Gasteiger partial charge on any atom is 0.270 e. The van der Waals surface area contributed by atoms with E-state index in [1.165, 1.54) is 0 Å². The molecule has 0 unspecified atom stereocenters. The molecule has 0 saturated heterocycles. The summed E-state index contributed by atoms with van der Waals surface area (Å²) in [5.74, 6) is -2.77. The molecule has 1 aromatic carbocycles. The zero-order chi connectivity index (χ0) is 11.1. The Balaban J connectivity index is 2.69. The lowest BCUT2D eigenvalue weighted by Crippen LogP contribution is -2.07. The average Bonchev–Trinajstić information content (AvgIpc) is 2.62. The first-order chi connectivity index (χ1) is 7.02. The zero-order valence-electron chi connectivity index (χ0n) is 8.77. The molecule has 3 heteroatoms. The highest BCUT2D eigenvalue weighted by atomic mass is 19.3. The number of rotatable bonds is 2. The highest BCUT2D eigenvalue weighted by Crippen LogP contribution is 2.31. The van der Waals surface area contributed by atoms with Crippen molar-refractivity contribution in [2.24, 2.45) is 0 Å². The quantitative estimate of drug-likeness (QED) is 0.773. The molecule has 0 aliphatic carbocycles. The average molecular weight is 209 g/mol. The lowest BCUT2D eigenvalue weighted by atomic mass is 10.0. The minimum absolute atomic E-state index is 0.0893. The number of fused-ring (bicyclic) bond motifs is 1. The molecule has 0 aliphatic rings. The van der Waals surface area contributed by atoms with Gasteiger partial charge in [0.2, 0.25) is 0 Å². The van der Waals surface area contributed by atoms with Gasteiger partial charge in [-0.1, -0.05) is 6.92 Å². The fourth-order valence-electron chi connectivity index (χ4n) is 1.78. The fourth-order valence-corrected chi connectivity index (χ4v) is 1.78. The molecule has 1 heterocycles. The minimum atomic E-state index is -2.77. The summed E-state index contributed by atoms with van der Waals surface area (Å²) in [5, 5.41) is 0.853. The molecular formula is C12H13F2N. The van der Waals surface area contributed by atoms with E-state index in [-0.39, 0.29) is 5.56 Å². The van der Waals surface area contributed by atoms with Gasteiger partial charge in [0.25, 0.3) is 5.92 Å². The van der Waals surface area contributed by atoms with E-state index in [2.05, 4.69) is 4.98 Å². The Bertz CT molecular complexity index is 480.